The largest absolute Gasteiger partial charge is 0.488 e. The molecule has 2 unspecified atom stereocenters. The molecule has 4 heteroatoms. The lowest BCUT2D eigenvalue weighted by molar-refractivity contribution is 0.150. The van der Waals surface area contributed by atoms with E-state index in [0.29, 0.717) is 0 Å². The summed E-state index contributed by atoms with van der Waals surface area (Å²) in [6, 6.07) is 16.7. The maximum atomic E-state index is 6.72. The van der Waals surface area contributed by atoms with Crippen LogP contribution in [-0.4, -0.2) is 16.5 Å². The molecule has 4 aliphatic carbocycles. The summed E-state index contributed by atoms with van der Waals surface area (Å²) in [5.41, 5.74) is 15.3. The van der Waals surface area contributed by atoms with Gasteiger partial charge < -0.3 is 10.5 Å². The first-order valence-electron chi connectivity index (χ1n) is 13.9. The Labute approximate surface area is 227 Å². The lowest BCUT2D eigenvalue weighted by Gasteiger charge is -2.28. The first kappa shape index (κ1) is 22.4. The molecule has 39 heavy (non-hydrogen) atoms. The molecule has 2 heterocycles. The standard InChI is InChI=1S/C35H29N3O/c36-28-19-9-6-16-25(28)33(22-12-2-1-3-13-22)37-38-29-20-10-7-17-26(29)31-32-27-18-8-11-21-30(27)39-35(32)24-15-5-4-14-23(24)34(31)38/h1-2,4-10,12,14-20,24,35H,3,11,13,21,36H2. The zero-order valence-electron chi connectivity index (χ0n) is 21.7. The molecule has 1 aromatic heterocycles. The van der Waals surface area contributed by atoms with Crippen LogP contribution in [0.1, 0.15) is 31.2 Å². The molecule has 0 saturated heterocycles. The summed E-state index contributed by atoms with van der Waals surface area (Å²) < 4.78 is 8.91. The second kappa shape index (κ2) is 8.74. The molecule has 0 bridgehead atoms. The molecule has 2 N–H and O–H groups in total. The molecule has 0 amide bonds. The summed E-state index contributed by atoms with van der Waals surface area (Å²) in [5, 5.41) is 9.12. The van der Waals surface area contributed by atoms with E-state index in [1.54, 1.807) is 0 Å². The van der Waals surface area contributed by atoms with Crippen molar-refractivity contribution >= 4 is 33.4 Å². The second-order valence-electron chi connectivity index (χ2n) is 10.7. The molecule has 5 aliphatic rings. The summed E-state index contributed by atoms with van der Waals surface area (Å²) in [5.74, 6) is 1.27. The minimum Gasteiger partial charge on any atom is -0.488 e. The van der Waals surface area contributed by atoms with Crippen molar-refractivity contribution < 1.29 is 4.74 Å². The summed E-state index contributed by atoms with van der Waals surface area (Å²) in [6.07, 6.45) is 23.8. The summed E-state index contributed by atoms with van der Waals surface area (Å²) in [7, 11) is 0. The van der Waals surface area contributed by atoms with Crippen LogP contribution in [0.25, 0.3) is 22.0 Å². The number of hydrogen-bond donors (Lipinski definition) is 1. The fourth-order valence-electron chi connectivity index (χ4n) is 6.73. The molecule has 0 spiro atoms. The highest BCUT2D eigenvalue weighted by molar-refractivity contribution is 6.15. The van der Waals surface area contributed by atoms with Gasteiger partial charge in [0.1, 0.15) is 11.9 Å². The number of aromatic nitrogens is 1. The average molecular weight is 508 g/mol. The van der Waals surface area contributed by atoms with Crippen LogP contribution in [0.3, 0.4) is 0 Å². The lowest BCUT2D eigenvalue weighted by Crippen LogP contribution is -2.43. The first-order valence-corrected chi connectivity index (χ1v) is 13.9. The molecule has 8 rings (SSSR count). The van der Waals surface area contributed by atoms with Crippen LogP contribution < -0.4 is 16.3 Å². The quantitative estimate of drug-likeness (QED) is 0.359. The van der Waals surface area contributed by atoms with Gasteiger partial charge in [0.15, 0.2) is 0 Å². The van der Waals surface area contributed by atoms with E-state index in [4.69, 9.17) is 15.6 Å². The molecule has 0 fully saturated rings. The Morgan fingerprint density at radius 2 is 1.79 bits per heavy atom. The minimum atomic E-state index is -0.0138. The van der Waals surface area contributed by atoms with Crippen LogP contribution in [0, 0.1) is 5.92 Å². The number of allylic oxidation sites excluding steroid dienone is 10. The Bertz CT molecular complexity index is 1900. The van der Waals surface area contributed by atoms with E-state index < -0.39 is 0 Å². The third-order valence-corrected chi connectivity index (χ3v) is 8.48. The number of benzene rings is 2. The van der Waals surface area contributed by atoms with Gasteiger partial charge in [0, 0.05) is 45.3 Å². The van der Waals surface area contributed by atoms with Crippen LogP contribution in [-0.2, 0) is 4.74 Å². The van der Waals surface area contributed by atoms with E-state index in [9.17, 15) is 0 Å². The first-order chi connectivity index (χ1) is 19.3. The zero-order valence-corrected chi connectivity index (χ0v) is 21.7. The smallest absolute Gasteiger partial charge is 0.135 e. The molecular weight excluding hydrogens is 478 g/mol. The van der Waals surface area contributed by atoms with E-state index >= 15 is 0 Å². The number of rotatable bonds is 3. The number of nitrogens with two attached hydrogens (primary N) is 1. The molecule has 3 aromatic rings. The second-order valence-corrected chi connectivity index (χ2v) is 10.7. The Hall–Kier alpha value is -4.57. The van der Waals surface area contributed by atoms with Gasteiger partial charge in [-0.3, -0.25) is 0 Å². The SMILES string of the molecule is Nc1ccccc1C(=Nn1c2c(c3ccccc31)=C1C3=C(CCC=C3)OC1C1C=CC=CC=21)C1=CC=CCC1. The molecule has 190 valence electrons. The van der Waals surface area contributed by atoms with Crippen LogP contribution in [0.15, 0.2) is 125 Å². The molecular formula is C35H29N3O. The Kier molecular flexibility index (Phi) is 5.02. The van der Waals surface area contributed by atoms with Crippen molar-refractivity contribution in [2.24, 2.45) is 11.0 Å². The number of nitrogen functional groups attached to an aromatic ring is 1. The number of fused-ring (bicyclic) bond motifs is 7. The van der Waals surface area contributed by atoms with Gasteiger partial charge in [0.25, 0.3) is 0 Å². The number of ether oxygens (including phenoxy) is 1. The summed E-state index contributed by atoms with van der Waals surface area (Å²) in [6.45, 7) is 0. The van der Waals surface area contributed by atoms with Crippen molar-refractivity contribution in [1.82, 2.24) is 4.68 Å². The molecule has 2 atom stereocenters. The zero-order chi connectivity index (χ0) is 25.9. The number of hydrogen-bond acceptors (Lipinski definition) is 3. The Balaban J connectivity index is 1.53. The molecule has 0 radical (unpaired) electrons. The topological polar surface area (TPSA) is 52.5 Å². The van der Waals surface area contributed by atoms with Gasteiger partial charge in [-0.2, -0.15) is 5.10 Å². The van der Waals surface area contributed by atoms with Crippen LogP contribution >= 0.6 is 0 Å². The maximum absolute atomic E-state index is 6.72. The fourth-order valence-corrected chi connectivity index (χ4v) is 6.73. The highest BCUT2D eigenvalue weighted by Crippen LogP contribution is 2.44. The minimum absolute atomic E-state index is 0.0138. The number of nitrogens with zero attached hydrogens (tertiary/aromatic N) is 2. The molecule has 2 aromatic carbocycles. The number of anilines is 1. The van der Waals surface area contributed by atoms with Gasteiger partial charge in [-0.25, -0.2) is 4.68 Å². The predicted molar refractivity (Wildman–Crippen MR) is 159 cm³/mol. The van der Waals surface area contributed by atoms with E-state index in [1.807, 2.05) is 18.2 Å². The van der Waals surface area contributed by atoms with Crippen molar-refractivity contribution in [3.8, 4) is 0 Å². The highest BCUT2D eigenvalue weighted by Gasteiger charge is 2.41. The molecule has 4 nitrogen and oxygen atoms in total. The van der Waals surface area contributed by atoms with Gasteiger partial charge in [0.05, 0.1) is 16.6 Å². The van der Waals surface area contributed by atoms with E-state index in [0.717, 1.165) is 59.3 Å². The van der Waals surface area contributed by atoms with Gasteiger partial charge in [-0.1, -0.05) is 91.1 Å². The van der Waals surface area contributed by atoms with Gasteiger partial charge in [-0.15, -0.1) is 0 Å². The summed E-state index contributed by atoms with van der Waals surface area (Å²) >= 11 is 0. The van der Waals surface area contributed by atoms with Crippen LogP contribution in [0.4, 0.5) is 5.69 Å². The monoisotopic (exact) mass is 507 g/mol. The molecule has 0 saturated carbocycles. The highest BCUT2D eigenvalue weighted by atomic mass is 16.5. The number of para-hydroxylation sites is 2. The third-order valence-electron chi connectivity index (χ3n) is 8.48. The van der Waals surface area contributed by atoms with Gasteiger partial charge in [-0.05, 0) is 42.5 Å². The lowest BCUT2D eigenvalue weighted by atomic mass is 9.79. The van der Waals surface area contributed by atoms with E-state index in [1.165, 1.54) is 32.9 Å². The van der Waals surface area contributed by atoms with E-state index in [-0.39, 0.29) is 12.0 Å². The van der Waals surface area contributed by atoms with Crippen molar-refractivity contribution in [3.05, 3.63) is 136 Å². The van der Waals surface area contributed by atoms with Crippen molar-refractivity contribution in [2.75, 3.05) is 5.73 Å². The molecule has 1 aliphatic heterocycles. The van der Waals surface area contributed by atoms with Crippen molar-refractivity contribution in [2.45, 2.75) is 31.8 Å². The normalized spacial score (nSPS) is 23.0. The average Bonchev–Trinajstić information content (AvgIpc) is 3.53. The van der Waals surface area contributed by atoms with Gasteiger partial charge in [0.2, 0.25) is 0 Å². The van der Waals surface area contributed by atoms with Crippen molar-refractivity contribution in [3.63, 3.8) is 0 Å². The fraction of sp³-hybridized carbons (Fsp3) is 0.171. The van der Waals surface area contributed by atoms with Crippen LogP contribution in [0.2, 0.25) is 0 Å². The summed E-state index contributed by atoms with van der Waals surface area (Å²) in [4.78, 5) is 0. The predicted octanol–water partition coefficient (Wildman–Crippen LogP) is 5.81. The maximum Gasteiger partial charge on any atom is 0.135 e. The van der Waals surface area contributed by atoms with Gasteiger partial charge >= 0.3 is 0 Å². The van der Waals surface area contributed by atoms with E-state index in [2.05, 4.69) is 89.7 Å². The Morgan fingerprint density at radius 3 is 2.69 bits per heavy atom. The van der Waals surface area contributed by atoms with Crippen molar-refractivity contribution in [1.29, 1.82) is 0 Å². The third kappa shape index (κ3) is 3.34. The Morgan fingerprint density at radius 1 is 0.923 bits per heavy atom. The van der Waals surface area contributed by atoms with Crippen LogP contribution in [0.5, 0.6) is 0 Å².